The number of amides is 1. The van der Waals surface area contributed by atoms with Crippen LogP contribution < -0.4 is 10.2 Å². The molecule has 1 unspecified atom stereocenters. The molecule has 3 aromatic heterocycles. The van der Waals surface area contributed by atoms with Crippen LogP contribution >= 0.6 is 0 Å². The van der Waals surface area contributed by atoms with Crippen LogP contribution in [0.15, 0.2) is 36.8 Å². The lowest BCUT2D eigenvalue weighted by Gasteiger charge is -2.32. The van der Waals surface area contributed by atoms with E-state index in [0.29, 0.717) is 12.4 Å². The second kappa shape index (κ2) is 7.98. The quantitative estimate of drug-likeness (QED) is 0.736. The van der Waals surface area contributed by atoms with Gasteiger partial charge in [-0.05, 0) is 51.3 Å². The minimum atomic E-state index is -0.114. The summed E-state index contributed by atoms with van der Waals surface area (Å²) < 4.78 is 1.82. The summed E-state index contributed by atoms with van der Waals surface area (Å²) in [4.78, 5) is 28.0. The number of anilines is 2. The molecule has 1 aliphatic rings. The van der Waals surface area contributed by atoms with Crippen LogP contribution in [-0.2, 0) is 4.79 Å². The molecule has 1 atom stereocenters. The molecular weight excluding hydrogens is 366 g/mol. The number of hydrogen-bond acceptors (Lipinski definition) is 6. The molecule has 0 aromatic carbocycles. The van der Waals surface area contributed by atoms with Crippen LogP contribution in [0.2, 0.25) is 0 Å². The van der Waals surface area contributed by atoms with E-state index < -0.39 is 0 Å². The van der Waals surface area contributed by atoms with Gasteiger partial charge in [-0.3, -0.25) is 4.79 Å². The molecule has 1 saturated heterocycles. The summed E-state index contributed by atoms with van der Waals surface area (Å²) in [6.07, 6.45) is 5.03. The van der Waals surface area contributed by atoms with Crippen LogP contribution in [0.1, 0.15) is 29.8 Å². The van der Waals surface area contributed by atoms with E-state index >= 15 is 0 Å². The fraction of sp³-hybridized carbons (Fsp3) is 0.381. The first-order valence-electron chi connectivity index (χ1n) is 9.84. The van der Waals surface area contributed by atoms with Gasteiger partial charge in [-0.15, -0.1) is 0 Å². The molecule has 1 N–H and O–H groups in total. The van der Waals surface area contributed by atoms with E-state index in [1.165, 1.54) is 0 Å². The highest BCUT2D eigenvalue weighted by Crippen LogP contribution is 2.24. The number of piperidine rings is 1. The summed E-state index contributed by atoms with van der Waals surface area (Å²) in [5, 5.41) is 7.48. The van der Waals surface area contributed by atoms with Crippen molar-refractivity contribution in [2.45, 2.75) is 33.6 Å². The summed E-state index contributed by atoms with van der Waals surface area (Å²) >= 11 is 0. The third-order valence-corrected chi connectivity index (χ3v) is 5.23. The first-order chi connectivity index (χ1) is 14.0. The van der Waals surface area contributed by atoms with Crippen LogP contribution in [0.3, 0.4) is 0 Å². The molecule has 8 heteroatoms. The Balaban J connectivity index is 1.50. The maximum Gasteiger partial charge on any atom is 0.230 e. The molecule has 29 heavy (non-hydrogen) atoms. The predicted octanol–water partition coefficient (Wildman–Crippen LogP) is 2.84. The zero-order valence-corrected chi connectivity index (χ0v) is 17.0. The topological polar surface area (TPSA) is 88.8 Å². The van der Waals surface area contributed by atoms with Crippen LogP contribution in [-0.4, -0.2) is 43.7 Å². The van der Waals surface area contributed by atoms with E-state index in [0.717, 1.165) is 48.0 Å². The third kappa shape index (κ3) is 4.11. The molecule has 8 nitrogen and oxygen atoms in total. The van der Waals surface area contributed by atoms with Gasteiger partial charge in [0.25, 0.3) is 0 Å². The molecule has 0 radical (unpaired) electrons. The molecular formula is C21H25N7O. The van der Waals surface area contributed by atoms with Gasteiger partial charge in [-0.1, -0.05) is 6.07 Å². The van der Waals surface area contributed by atoms with Crippen molar-refractivity contribution in [1.82, 2.24) is 24.7 Å². The van der Waals surface area contributed by atoms with Gasteiger partial charge < -0.3 is 10.2 Å². The van der Waals surface area contributed by atoms with Crippen molar-refractivity contribution in [3.63, 3.8) is 0 Å². The normalized spacial score (nSPS) is 16.7. The second-order valence-electron chi connectivity index (χ2n) is 7.52. The number of carbonyl (C=O) groups excluding carboxylic acids is 1. The van der Waals surface area contributed by atoms with Crippen LogP contribution in [0.25, 0.3) is 5.82 Å². The Morgan fingerprint density at radius 3 is 2.72 bits per heavy atom. The van der Waals surface area contributed by atoms with Crippen LogP contribution in [0.5, 0.6) is 0 Å². The van der Waals surface area contributed by atoms with Crippen LogP contribution in [0, 0.1) is 26.7 Å². The number of pyridine rings is 1. The van der Waals surface area contributed by atoms with Gasteiger partial charge in [0.05, 0.1) is 11.6 Å². The van der Waals surface area contributed by atoms with Crippen molar-refractivity contribution < 1.29 is 4.79 Å². The van der Waals surface area contributed by atoms with Gasteiger partial charge in [-0.2, -0.15) is 5.10 Å². The van der Waals surface area contributed by atoms with E-state index in [-0.39, 0.29) is 11.8 Å². The van der Waals surface area contributed by atoms with Gasteiger partial charge >= 0.3 is 0 Å². The Hall–Kier alpha value is -3.29. The minimum Gasteiger partial charge on any atom is -0.356 e. The number of nitrogens with one attached hydrogen (secondary N) is 1. The summed E-state index contributed by atoms with van der Waals surface area (Å²) in [6.45, 7) is 7.38. The lowest BCUT2D eigenvalue weighted by atomic mass is 9.97. The van der Waals surface area contributed by atoms with Crippen molar-refractivity contribution >= 4 is 17.5 Å². The average Bonchev–Trinajstić information content (AvgIpc) is 3.08. The number of carbonyl (C=O) groups is 1. The Bertz CT molecular complexity index is 1030. The lowest BCUT2D eigenvalue weighted by Crippen LogP contribution is -2.41. The summed E-state index contributed by atoms with van der Waals surface area (Å²) in [5.74, 6) is 2.07. The molecule has 3 aromatic rings. The van der Waals surface area contributed by atoms with E-state index in [1.807, 2.05) is 49.7 Å². The Kier molecular flexibility index (Phi) is 5.24. The zero-order valence-electron chi connectivity index (χ0n) is 17.0. The molecule has 0 spiro atoms. The summed E-state index contributed by atoms with van der Waals surface area (Å²) in [7, 11) is 0. The highest BCUT2D eigenvalue weighted by molar-refractivity contribution is 5.92. The molecule has 1 aliphatic heterocycles. The van der Waals surface area contributed by atoms with E-state index in [2.05, 4.69) is 30.3 Å². The van der Waals surface area contributed by atoms with Gasteiger partial charge in [0.2, 0.25) is 5.91 Å². The highest BCUT2D eigenvalue weighted by Gasteiger charge is 2.27. The number of rotatable bonds is 4. The maximum absolute atomic E-state index is 12.8. The first-order valence-corrected chi connectivity index (χ1v) is 9.84. The van der Waals surface area contributed by atoms with E-state index in [1.54, 1.807) is 12.5 Å². The maximum atomic E-state index is 12.8. The number of aromatic nitrogens is 5. The monoisotopic (exact) mass is 391 g/mol. The van der Waals surface area contributed by atoms with Gasteiger partial charge in [0, 0.05) is 31.0 Å². The van der Waals surface area contributed by atoms with Gasteiger partial charge in [-0.25, -0.2) is 19.6 Å². The second-order valence-corrected chi connectivity index (χ2v) is 7.52. The molecule has 1 amide bonds. The molecule has 150 valence electrons. The summed E-state index contributed by atoms with van der Waals surface area (Å²) in [5.41, 5.74) is 2.93. The smallest absolute Gasteiger partial charge is 0.230 e. The van der Waals surface area contributed by atoms with Crippen LogP contribution in [0.4, 0.5) is 11.6 Å². The molecule has 0 saturated carbocycles. The highest BCUT2D eigenvalue weighted by atomic mass is 16.2. The molecule has 4 heterocycles. The summed E-state index contributed by atoms with van der Waals surface area (Å²) in [6, 6.07) is 7.76. The number of aryl methyl sites for hydroxylation is 3. The largest absolute Gasteiger partial charge is 0.356 e. The Morgan fingerprint density at radius 1 is 1.14 bits per heavy atom. The van der Waals surface area contributed by atoms with E-state index in [4.69, 9.17) is 0 Å². The molecule has 0 bridgehead atoms. The fourth-order valence-corrected chi connectivity index (χ4v) is 3.72. The van der Waals surface area contributed by atoms with Crippen molar-refractivity contribution in [2.24, 2.45) is 5.92 Å². The van der Waals surface area contributed by atoms with Gasteiger partial charge in [0.1, 0.15) is 18.0 Å². The average molecular weight is 391 g/mol. The lowest BCUT2D eigenvalue weighted by molar-refractivity contribution is -0.120. The standard InChI is InChI=1S/C21H25N7O/c1-14-6-4-8-22-20(14)25-21(29)17-7-5-9-27(12-17)18-11-19(24-13-23-18)28-16(3)10-15(2)26-28/h4,6,8,10-11,13,17H,5,7,9,12H2,1-3H3,(H,22,25,29). The molecule has 1 fully saturated rings. The Morgan fingerprint density at radius 2 is 1.97 bits per heavy atom. The van der Waals surface area contributed by atoms with Gasteiger partial charge in [0.15, 0.2) is 5.82 Å². The predicted molar refractivity (Wildman–Crippen MR) is 111 cm³/mol. The molecule has 4 rings (SSSR count). The van der Waals surface area contributed by atoms with E-state index in [9.17, 15) is 4.79 Å². The third-order valence-electron chi connectivity index (χ3n) is 5.23. The number of hydrogen-bond donors (Lipinski definition) is 1. The van der Waals surface area contributed by atoms with Crippen molar-refractivity contribution in [1.29, 1.82) is 0 Å². The van der Waals surface area contributed by atoms with Crippen molar-refractivity contribution in [3.8, 4) is 5.82 Å². The first kappa shape index (κ1) is 19.0. The Labute approximate surface area is 170 Å². The molecule has 0 aliphatic carbocycles. The van der Waals surface area contributed by atoms with Crippen molar-refractivity contribution in [2.75, 3.05) is 23.3 Å². The number of nitrogens with zero attached hydrogens (tertiary/aromatic N) is 6. The van der Waals surface area contributed by atoms with Crippen molar-refractivity contribution in [3.05, 3.63) is 53.7 Å². The minimum absolute atomic E-state index is 0.00400. The SMILES string of the molecule is Cc1cc(C)n(-c2cc(N3CCCC(C(=O)Nc4ncccc4C)C3)ncn2)n1. The fourth-order valence-electron chi connectivity index (χ4n) is 3.72. The zero-order chi connectivity index (χ0) is 20.4.